The van der Waals surface area contributed by atoms with Gasteiger partial charge in [0.25, 0.3) is 0 Å². The van der Waals surface area contributed by atoms with Gasteiger partial charge in [-0.2, -0.15) is 0 Å². The second kappa shape index (κ2) is 8.34. The molecule has 4 aromatic carbocycles. The summed E-state index contributed by atoms with van der Waals surface area (Å²) in [6.45, 7) is 6.64. The number of halogens is 2. The number of para-hydroxylation sites is 2. The highest BCUT2D eigenvalue weighted by Gasteiger charge is 2.59. The first-order valence-electron chi connectivity index (χ1n) is 13.8. The van der Waals surface area contributed by atoms with Crippen molar-refractivity contribution in [2.75, 3.05) is 0 Å². The Morgan fingerprint density at radius 3 is 2.42 bits per heavy atom. The lowest BCUT2D eigenvalue weighted by Gasteiger charge is -2.37. The minimum Gasteiger partial charge on any atom is -0.488 e. The molecule has 5 aromatic rings. The van der Waals surface area contributed by atoms with Crippen LogP contribution in [0.1, 0.15) is 60.4 Å². The molecule has 5 atom stereocenters. The number of hydrogen-bond donors (Lipinski definition) is 1. The zero-order valence-corrected chi connectivity index (χ0v) is 25.6. The van der Waals surface area contributed by atoms with Crippen LogP contribution >= 0.6 is 31.9 Å². The van der Waals surface area contributed by atoms with Crippen LogP contribution in [0.2, 0.25) is 0 Å². The fraction of sp³-hybridized carbons (Fsp3) is 0.257. The molecule has 40 heavy (non-hydrogen) atoms. The summed E-state index contributed by atoms with van der Waals surface area (Å²) in [5.74, 6) is 0.835. The Bertz CT molecular complexity index is 1880. The molecule has 1 aliphatic heterocycles. The lowest BCUT2D eigenvalue weighted by atomic mass is 9.70. The van der Waals surface area contributed by atoms with Gasteiger partial charge in [-0.1, -0.05) is 119 Å². The van der Waals surface area contributed by atoms with Crippen LogP contribution in [0.3, 0.4) is 0 Å². The van der Waals surface area contributed by atoms with Crippen molar-refractivity contribution in [2.45, 2.75) is 54.6 Å². The van der Waals surface area contributed by atoms with E-state index in [4.69, 9.17) is 9.15 Å². The molecule has 5 heteroatoms. The van der Waals surface area contributed by atoms with Crippen LogP contribution in [0, 0.1) is 0 Å². The minimum absolute atomic E-state index is 0.0178. The summed E-state index contributed by atoms with van der Waals surface area (Å²) < 4.78 is 14.1. The second-order valence-electron chi connectivity index (χ2n) is 12.3. The Morgan fingerprint density at radius 2 is 1.65 bits per heavy atom. The normalized spacial score (nSPS) is 26.7. The predicted octanol–water partition coefficient (Wildman–Crippen LogP) is 9.23. The van der Waals surface area contributed by atoms with E-state index in [9.17, 15) is 5.11 Å². The number of alkyl halides is 1. The fourth-order valence-electron chi connectivity index (χ4n) is 7.31. The molecule has 3 nitrogen and oxygen atoms in total. The molecule has 0 saturated heterocycles. The molecule has 0 bridgehead atoms. The summed E-state index contributed by atoms with van der Waals surface area (Å²) in [6.07, 6.45) is 2.10. The monoisotopic (exact) mass is 654 g/mol. The molecule has 0 amide bonds. The smallest absolute Gasteiger partial charge is 0.140 e. The van der Waals surface area contributed by atoms with Gasteiger partial charge >= 0.3 is 0 Å². The van der Waals surface area contributed by atoms with Crippen molar-refractivity contribution in [3.63, 3.8) is 0 Å². The Labute approximate surface area is 250 Å². The first-order chi connectivity index (χ1) is 19.2. The molecule has 5 unspecified atom stereocenters. The minimum atomic E-state index is -1.32. The number of rotatable bonds is 1. The third-order valence-corrected chi connectivity index (χ3v) is 10.6. The number of furan rings is 1. The molecule has 200 valence electrons. The number of aliphatic hydroxyl groups is 1. The van der Waals surface area contributed by atoms with Gasteiger partial charge in [0.05, 0.1) is 4.83 Å². The topological polar surface area (TPSA) is 42.6 Å². The van der Waals surface area contributed by atoms with E-state index in [2.05, 4.69) is 113 Å². The largest absolute Gasteiger partial charge is 0.488 e. The quantitative estimate of drug-likeness (QED) is 0.145. The molecule has 0 fully saturated rings. The molecule has 8 rings (SSSR count). The fourth-order valence-corrected chi connectivity index (χ4v) is 8.65. The summed E-state index contributed by atoms with van der Waals surface area (Å²) in [7, 11) is 0. The molecule has 2 heterocycles. The van der Waals surface area contributed by atoms with Crippen LogP contribution in [0.4, 0.5) is 0 Å². The number of ether oxygens (including phenoxy) is 1. The maximum atomic E-state index is 13.1. The summed E-state index contributed by atoms with van der Waals surface area (Å²) in [6, 6.07) is 27.1. The molecule has 0 saturated carbocycles. The van der Waals surface area contributed by atoms with Gasteiger partial charge in [-0.3, -0.25) is 0 Å². The maximum absolute atomic E-state index is 13.1. The summed E-state index contributed by atoms with van der Waals surface area (Å²) in [4.78, 5) is -0.0551. The highest BCUT2D eigenvalue weighted by atomic mass is 79.9. The van der Waals surface area contributed by atoms with Gasteiger partial charge in [-0.15, -0.1) is 0 Å². The van der Waals surface area contributed by atoms with Gasteiger partial charge in [0.15, 0.2) is 0 Å². The van der Waals surface area contributed by atoms with Crippen LogP contribution < -0.4 is 4.74 Å². The number of fused-ring (bicyclic) bond motifs is 11. The van der Waals surface area contributed by atoms with E-state index in [1.54, 1.807) is 0 Å². The third kappa shape index (κ3) is 3.20. The Balaban J connectivity index is 1.46. The Hall–Kier alpha value is -2.86. The zero-order chi connectivity index (χ0) is 27.6. The molecule has 1 aromatic heterocycles. The van der Waals surface area contributed by atoms with Crippen molar-refractivity contribution in [2.24, 2.45) is 0 Å². The highest BCUT2D eigenvalue weighted by Crippen LogP contribution is 2.65. The summed E-state index contributed by atoms with van der Waals surface area (Å²) in [5, 5.41) is 15.2. The standard InChI is InChI=1S/C35H28Br2O3/c1-34(2,3)18-12-14-19(15-13-18)35(38)22-17-25(37)32-29(21-9-5-7-11-27(21)39-32)30(22)31-23(35)16-24(36)28-20-8-4-6-10-26(20)40-33(28)31/h4-17,25,29-30,32,38H,1-3H3. The molecular weight excluding hydrogens is 628 g/mol. The molecule has 2 aliphatic carbocycles. The molecule has 1 N–H and O–H groups in total. The van der Waals surface area contributed by atoms with Crippen molar-refractivity contribution in [1.82, 2.24) is 0 Å². The average Bonchev–Trinajstić information content (AvgIpc) is 3.59. The van der Waals surface area contributed by atoms with E-state index >= 15 is 0 Å². The van der Waals surface area contributed by atoms with Gasteiger partial charge in [0.2, 0.25) is 0 Å². The van der Waals surface area contributed by atoms with E-state index in [-0.39, 0.29) is 28.2 Å². The van der Waals surface area contributed by atoms with Gasteiger partial charge in [0.1, 0.15) is 28.6 Å². The van der Waals surface area contributed by atoms with Crippen molar-refractivity contribution in [3.05, 3.63) is 123 Å². The lowest BCUT2D eigenvalue weighted by molar-refractivity contribution is 0.114. The average molecular weight is 656 g/mol. The van der Waals surface area contributed by atoms with Crippen LogP contribution in [0.5, 0.6) is 5.75 Å². The Kier molecular flexibility index (Phi) is 5.19. The van der Waals surface area contributed by atoms with Crippen LogP contribution in [0.15, 0.2) is 99.4 Å². The highest BCUT2D eigenvalue weighted by molar-refractivity contribution is 9.10. The van der Waals surface area contributed by atoms with E-state index in [0.717, 1.165) is 54.4 Å². The van der Waals surface area contributed by atoms with Gasteiger partial charge in [-0.25, -0.2) is 0 Å². The van der Waals surface area contributed by atoms with Crippen molar-refractivity contribution in [3.8, 4) is 5.75 Å². The van der Waals surface area contributed by atoms with E-state index in [1.165, 1.54) is 11.1 Å². The molecule has 3 aliphatic rings. The molecule has 0 radical (unpaired) electrons. The van der Waals surface area contributed by atoms with E-state index < -0.39 is 5.60 Å². The van der Waals surface area contributed by atoms with Crippen molar-refractivity contribution >= 4 is 53.8 Å². The zero-order valence-electron chi connectivity index (χ0n) is 22.4. The van der Waals surface area contributed by atoms with Gasteiger partial charge < -0.3 is 14.3 Å². The molecular formula is C35H28Br2O3. The summed E-state index contributed by atoms with van der Waals surface area (Å²) in [5.41, 5.74) is 6.56. The van der Waals surface area contributed by atoms with Crippen LogP contribution in [-0.4, -0.2) is 16.0 Å². The van der Waals surface area contributed by atoms with Crippen LogP contribution in [0.25, 0.3) is 21.9 Å². The van der Waals surface area contributed by atoms with Crippen molar-refractivity contribution in [1.29, 1.82) is 0 Å². The second-order valence-corrected chi connectivity index (χ2v) is 14.3. The predicted molar refractivity (Wildman–Crippen MR) is 167 cm³/mol. The van der Waals surface area contributed by atoms with Gasteiger partial charge in [-0.05, 0) is 40.3 Å². The van der Waals surface area contributed by atoms with E-state index in [0.29, 0.717) is 0 Å². The Morgan fingerprint density at radius 1 is 0.925 bits per heavy atom. The number of hydrogen-bond acceptors (Lipinski definition) is 3. The lowest BCUT2D eigenvalue weighted by Crippen LogP contribution is -2.38. The SMILES string of the molecule is CC(C)(C)c1ccc(C2(O)C3=CC(Br)C4Oc5ccccc5C4C3c3c2cc(Br)c2c3oc3ccccc32)cc1. The maximum Gasteiger partial charge on any atom is 0.140 e. The van der Waals surface area contributed by atoms with Gasteiger partial charge in [0, 0.05) is 43.8 Å². The molecule has 0 spiro atoms. The van der Waals surface area contributed by atoms with E-state index in [1.807, 2.05) is 24.3 Å². The number of benzene rings is 4. The first kappa shape index (κ1) is 24.9. The summed E-state index contributed by atoms with van der Waals surface area (Å²) >= 11 is 7.83. The van der Waals surface area contributed by atoms with Crippen LogP contribution in [-0.2, 0) is 11.0 Å². The third-order valence-electron chi connectivity index (χ3n) is 9.17. The first-order valence-corrected chi connectivity index (χ1v) is 15.5. The van der Waals surface area contributed by atoms with Crippen molar-refractivity contribution < 1.29 is 14.3 Å².